The van der Waals surface area contributed by atoms with Gasteiger partial charge in [-0.1, -0.05) is 0 Å². The van der Waals surface area contributed by atoms with E-state index in [-0.39, 0.29) is 23.2 Å². The molecule has 0 bridgehead atoms. The van der Waals surface area contributed by atoms with Crippen molar-refractivity contribution in [1.82, 2.24) is 4.98 Å². The minimum absolute atomic E-state index is 0.105. The smallest absolute Gasteiger partial charge is 0.150 e. The topological polar surface area (TPSA) is 64.1 Å². The van der Waals surface area contributed by atoms with E-state index in [9.17, 15) is 13.2 Å². The standard InChI is InChI=1S/C11H15NO3S2/c1-8(13)6-10-7-16-11(12-10)9-2-4-17(14,15)5-3-9/h7,9H,2-6H2,1H3. The van der Waals surface area contributed by atoms with Gasteiger partial charge in [0, 0.05) is 17.7 Å². The van der Waals surface area contributed by atoms with Crippen molar-refractivity contribution in [2.75, 3.05) is 11.5 Å². The van der Waals surface area contributed by atoms with Crippen molar-refractivity contribution in [3.8, 4) is 0 Å². The van der Waals surface area contributed by atoms with Crippen LogP contribution in [0.1, 0.15) is 36.4 Å². The van der Waals surface area contributed by atoms with Crippen LogP contribution in [0.2, 0.25) is 0 Å². The third kappa shape index (κ3) is 3.35. The van der Waals surface area contributed by atoms with Gasteiger partial charge in [0.2, 0.25) is 0 Å². The maximum absolute atomic E-state index is 11.3. The van der Waals surface area contributed by atoms with Crippen LogP contribution in [0.3, 0.4) is 0 Å². The highest BCUT2D eigenvalue weighted by molar-refractivity contribution is 7.91. The molecule has 0 N–H and O–H groups in total. The van der Waals surface area contributed by atoms with Crippen LogP contribution in [-0.2, 0) is 21.1 Å². The number of nitrogens with zero attached hydrogens (tertiary/aromatic N) is 1. The van der Waals surface area contributed by atoms with Crippen LogP contribution < -0.4 is 0 Å². The van der Waals surface area contributed by atoms with Crippen molar-refractivity contribution >= 4 is 27.0 Å². The number of carbonyl (C=O) groups excluding carboxylic acids is 1. The van der Waals surface area contributed by atoms with Crippen molar-refractivity contribution < 1.29 is 13.2 Å². The zero-order chi connectivity index (χ0) is 12.5. The fourth-order valence-electron chi connectivity index (χ4n) is 1.98. The Morgan fingerprint density at radius 2 is 2.12 bits per heavy atom. The molecule has 0 unspecified atom stereocenters. The normalized spacial score (nSPS) is 20.3. The monoisotopic (exact) mass is 273 g/mol. The first-order valence-corrected chi connectivity index (χ1v) is 8.30. The van der Waals surface area contributed by atoms with Gasteiger partial charge < -0.3 is 0 Å². The van der Waals surface area contributed by atoms with Crippen LogP contribution >= 0.6 is 11.3 Å². The summed E-state index contributed by atoms with van der Waals surface area (Å²) in [6.45, 7) is 1.55. The van der Waals surface area contributed by atoms with Crippen LogP contribution in [0.25, 0.3) is 0 Å². The van der Waals surface area contributed by atoms with E-state index in [0.29, 0.717) is 19.3 Å². The molecule has 0 aliphatic carbocycles. The average Bonchev–Trinajstić information content (AvgIpc) is 2.65. The lowest BCUT2D eigenvalue weighted by atomic mass is 10.0. The van der Waals surface area contributed by atoms with E-state index < -0.39 is 9.84 Å². The second-order valence-electron chi connectivity index (χ2n) is 4.48. The Kier molecular flexibility index (Phi) is 3.63. The van der Waals surface area contributed by atoms with Gasteiger partial charge >= 0.3 is 0 Å². The summed E-state index contributed by atoms with van der Waals surface area (Å²) >= 11 is 1.54. The molecule has 1 fully saturated rings. The first kappa shape index (κ1) is 12.7. The summed E-state index contributed by atoms with van der Waals surface area (Å²) < 4.78 is 22.6. The molecule has 0 radical (unpaired) electrons. The van der Waals surface area contributed by atoms with Gasteiger partial charge in [0.05, 0.1) is 22.2 Å². The number of ketones is 1. The molecule has 2 rings (SSSR count). The number of sulfone groups is 1. The Hall–Kier alpha value is -0.750. The van der Waals surface area contributed by atoms with Gasteiger partial charge in [-0.05, 0) is 19.8 Å². The second-order valence-corrected chi connectivity index (χ2v) is 7.68. The summed E-state index contributed by atoms with van der Waals surface area (Å²) in [5, 5.41) is 2.89. The molecule has 6 heteroatoms. The average molecular weight is 273 g/mol. The van der Waals surface area contributed by atoms with E-state index in [1.807, 2.05) is 5.38 Å². The summed E-state index contributed by atoms with van der Waals surface area (Å²) in [5.74, 6) is 0.885. The molecular formula is C11H15NO3S2. The lowest BCUT2D eigenvalue weighted by molar-refractivity contribution is -0.116. The summed E-state index contributed by atoms with van der Waals surface area (Å²) in [6, 6.07) is 0. The van der Waals surface area contributed by atoms with E-state index in [4.69, 9.17) is 0 Å². The largest absolute Gasteiger partial charge is 0.300 e. The quantitative estimate of drug-likeness (QED) is 0.838. The SMILES string of the molecule is CC(=O)Cc1csc(C2CCS(=O)(=O)CC2)n1. The van der Waals surface area contributed by atoms with E-state index in [0.717, 1.165) is 10.7 Å². The third-order valence-electron chi connectivity index (χ3n) is 2.90. The number of rotatable bonds is 3. The van der Waals surface area contributed by atoms with Crippen LogP contribution in [-0.4, -0.2) is 30.7 Å². The fraction of sp³-hybridized carbons (Fsp3) is 0.636. The van der Waals surface area contributed by atoms with Gasteiger partial charge in [-0.2, -0.15) is 0 Å². The molecule has 4 nitrogen and oxygen atoms in total. The molecule has 1 aromatic rings. The van der Waals surface area contributed by atoms with Gasteiger partial charge in [-0.15, -0.1) is 11.3 Å². The molecule has 17 heavy (non-hydrogen) atoms. The van der Waals surface area contributed by atoms with E-state index in [2.05, 4.69) is 4.98 Å². The van der Waals surface area contributed by atoms with Crippen LogP contribution in [0.15, 0.2) is 5.38 Å². The van der Waals surface area contributed by atoms with Gasteiger partial charge in [0.1, 0.15) is 15.6 Å². The molecule has 1 saturated heterocycles. The molecule has 1 aliphatic rings. The van der Waals surface area contributed by atoms with E-state index in [1.165, 1.54) is 0 Å². The van der Waals surface area contributed by atoms with Crippen molar-refractivity contribution in [2.24, 2.45) is 0 Å². The number of Topliss-reactive ketones (excluding diaryl/α,β-unsaturated/α-hetero) is 1. The number of hydrogen-bond donors (Lipinski definition) is 0. The van der Waals surface area contributed by atoms with Gasteiger partial charge in [-0.25, -0.2) is 13.4 Å². The molecule has 1 aliphatic heterocycles. The molecule has 0 saturated carbocycles. The minimum Gasteiger partial charge on any atom is -0.300 e. The lowest BCUT2D eigenvalue weighted by Crippen LogP contribution is -2.22. The Bertz CT molecular complexity index is 505. The Morgan fingerprint density at radius 3 is 2.71 bits per heavy atom. The number of hydrogen-bond acceptors (Lipinski definition) is 5. The molecule has 0 spiro atoms. The zero-order valence-electron chi connectivity index (χ0n) is 9.68. The van der Waals surface area contributed by atoms with Crippen molar-refractivity contribution in [1.29, 1.82) is 0 Å². The maximum atomic E-state index is 11.3. The molecule has 0 atom stereocenters. The number of carbonyl (C=O) groups is 1. The van der Waals surface area contributed by atoms with E-state index in [1.54, 1.807) is 18.3 Å². The van der Waals surface area contributed by atoms with Gasteiger partial charge in [0.25, 0.3) is 0 Å². The highest BCUT2D eigenvalue weighted by atomic mass is 32.2. The highest BCUT2D eigenvalue weighted by Gasteiger charge is 2.26. The van der Waals surface area contributed by atoms with Crippen LogP contribution in [0.5, 0.6) is 0 Å². The summed E-state index contributed by atoms with van der Waals surface area (Å²) in [6.07, 6.45) is 1.70. The summed E-state index contributed by atoms with van der Waals surface area (Å²) in [5.41, 5.74) is 0.811. The number of thiazole rings is 1. The van der Waals surface area contributed by atoms with Crippen molar-refractivity contribution in [3.63, 3.8) is 0 Å². The molecule has 0 amide bonds. The predicted octanol–water partition coefficient (Wildman–Crippen LogP) is 1.57. The zero-order valence-corrected chi connectivity index (χ0v) is 11.3. The fourth-order valence-corrected chi connectivity index (χ4v) is 4.47. The third-order valence-corrected chi connectivity index (χ3v) is 5.67. The summed E-state index contributed by atoms with van der Waals surface area (Å²) in [7, 11) is -2.81. The molecule has 0 aromatic carbocycles. The molecule has 94 valence electrons. The van der Waals surface area contributed by atoms with Gasteiger partial charge in [-0.3, -0.25) is 4.79 Å². The van der Waals surface area contributed by atoms with Crippen molar-refractivity contribution in [2.45, 2.75) is 32.1 Å². The minimum atomic E-state index is -2.81. The van der Waals surface area contributed by atoms with Gasteiger partial charge in [0.15, 0.2) is 0 Å². The van der Waals surface area contributed by atoms with Crippen LogP contribution in [0.4, 0.5) is 0 Å². The molecule has 1 aromatic heterocycles. The highest BCUT2D eigenvalue weighted by Crippen LogP contribution is 2.31. The maximum Gasteiger partial charge on any atom is 0.150 e. The Balaban J connectivity index is 2.04. The van der Waals surface area contributed by atoms with E-state index >= 15 is 0 Å². The predicted molar refractivity (Wildman–Crippen MR) is 67.1 cm³/mol. The second kappa shape index (κ2) is 4.86. The Labute approximate surface area is 105 Å². The molecular weight excluding hydrogens is 258 g/mol. The first-order chi connectivity index (χ1) is 7.96. The first-order valence-electron chi connectivity index (χ1n) is 5.60. The van der Waals surface area contributed by atoms with Crippen molar-refractivity contribution in [3.05, 3.63) is 16.1 Å². The molecule has 2 heterocycles. The van der Waals surface area contributed by atoms with Crippen LogP contribution in [0, 0.1) is 0 Å². The lowest BCUT2D eigenvalue weighted by Gasteiger charge is -2.19. The number of aromatic nitrogens is 1. The Morgan fingerprint density at radius 1 is 1.47 bits per heavy atom. The summed E-state index contributed by atoms with van der Waals surface area (Å²) in [4.78, 5) is 15.4.